The highest BCUT2D eigenvalue weighted by molar-refractivity contribution is 6.30. The summed E-state index contributed by atoms with van der Waals surface area (Å²) in [5.74, 6) is 0.491. The van der Waals surface area contributed by atoms with Crippen LogP contribution in [0.2, 0.25) is 5.02 Å². The van der Waals surface area contributed by atoms with E-state index in [1.54, 1.807) is 0 Å². The molecule has 2 fully saturated rings. The van der Waals surface area contributed by atoms with Crippen molar-refractivity contribution in [3.63, 3.8) is 0 Å². The van der Waals surface area contributed by atoms with Gasteiger partial charge in [0.2, 0.25) is 0 Å². The third-order valence-electron chi connectivity index (χ3n) is 3.90. The lowest BCUT2D eigenvalue weighted by atomic mass is 9.98. The number of nitrogens with one attached hydrogen (secondary N) is 1. The van der Waals surface area contributed by atoms with Crippen LogP contribution in [-0.2, 0) is 11.3 Å². The van der Waals surface area contributed by atoms with Crippen molar-refractivity contribution in [2.45, 2.75) is 19.0 Å². The summed E-state index contributed by atoms with van der Waals surface area (Å²) >= 11 is 5.99. The van der Waals surface area contributed by atoms with Gasteiger partial charge in [-0.3, -0.25) is 4.90 Å². The van der Waals surface area contributed by atoms with Crippen LogP contribution in [0.3, 0.4) is 0 Å². The summed E-state index contributed by atoms with van der Waals surface area (Å²) in [6, 6.07) is 7.82. The summed E-state index contributed by atoms with van der Waals surface area (Å²) in [5.41, 5.74) is 1.04. The fourth-order valence-electron chi connectivity index (χ4n) is 2.87. The van der Waals surface area contributed by atoms with Gasteiger partial charge in [0, 0.05) is 18.1 Å². The number of rotatable bonds is 3. The van der Waals surface area contributed by atoms with Crippen molar-refractivity contribution in [2.75, 3.05) is 19.7 Å². The van der Waals surface area contributed by atoms with Crippen molar-refractivity contribution in [2.24, 2.45) is 5.92 Å². The summed E-state index contributed by atoms with van der Waals surface area (Å²) in [7, 11) is 0. The maximum Gasteiger partial charge on any atom is 0.410 e. The Morgan fingerprint density at radius 1 is 1.47 bits per heavy atom. The van der Waals surface area contributed by atoms with E-state index in [1.807, 2.05) is 29.2 Å². The van der Waals surface area contributed by atoms with Gasteiger partial charge in [-0.2, -0.15) is 0 Å². The van der Waals surface area contributed by atoms with Gasteiger partial charge in [-0.15, -0.1) is 0 Å². The summed E-state index contributed by atoms with van der Waals surface area (Å²) in [6.07, 6.45) is 0.893. The first-order valence-electron chi connectivity index (χ1n) is 6.62. The summed E-state index contributed by atoms with van der Waals surface area (Å²) in [5, 5.41) is 4.04. The van der Waals surface area contributed by atoms with E-state index in [0.29, 0.717) is 24.1 Å². The van der Waals surface area contributed by atoms with E-state index in [9.17, 15) is 4.79 Å². The summed E-state index contributed by atoms with van der Waals surface area (Å²) in [6.45, 7) is 3.07. The number of nitrogens with zero attached hydrogens (tertiary/aromatic N) is 1. The number of carbonyl (C=O) groups excluding carboxylic acids is 1. The zero-order valence-electron chi connectivity index (χ0n) is 10.6. The number of hydrogen-bond donors (Lipinski definition) is 1. The van der Waals surface area contributed by atoms with Crippen molar-refractivity contribution in [3.05, 3.63) is 34.9 Å². The highest BCUT2D eigenvalue weighted by Gasteiger charge is 2.39. The molecule has 2 unspecified atom stereocenters. The average Bonchev–Trinajstić information content (AvgIpc) is 3.01. The second kappa shape index (κ2) is 5.39. The number of hydrogen-bond acceptors (Lipinski definition) is 3. The highest BCUT2D eigenvalue weighted by Crippen LogP contribution is 2.26. The second-order valence-corrected chi connectivity index (χ2v) is 5.59. The Labute approximate surface area is 117 Å². The molecule has 0 bridgehead atoms. The molecule has 0 aliphatic carbocycles. The minimum atomic E-state index is -0.211. The number of carbonyl (C=O) groups is 1. The van der Waals surface area contributed by atoms with Crippen LogP contribution in [0, 0.1) is 5.92 Å². The molecule has 1 aromatic carbocycles. The molecule has 1 amide bonds. The predicted molar refractivity (Wildman–Crippen MR) is 73.1 cm³/mol. The first-order valence-corrected chi connectivity index (χ1v) is 7.00. The number of benzene rings is 1. The smallest absolute Gasteiger partial charge is 0.410 e. The average molecular weight is 281 g/mol. The molecular weight excluding hydrogens is 264 g/mol. The van der Waals surface area contributed by atoms with Crippen molar-refractivity contribution in [1.82, 2.24) is 10.2 Å². The molecule has 0 spiro atoms. The number of halogens is 1. The third kappa shape index (κ3) is 2.69. The van der Waals surface area contributed by atoms with Gasteiger partial charge in [-0.1, -0.05) is 23.7 Å². The monoisotopic (exact) mass is 280 g/mol. The SMILES string of the molecule is O=C1OCC(C2CCNC2)N1Cc1cccc(Cl)c1. The van der Waals surface area contributed by atoms with Crippen molar-refractivity contribution < 1.29 is 9.53 Å². The van der Waals surface area contributed by atoms with Crippen molar-refractivity contribution in [1.29, 1.82) is 0 Å². The summed E-state index contributed by atoms with van der Waals surface area (Å²) < 4.78 is 5.22. The molecule has 0 radical (unpaired) electrons. The Bertz CT molecular complexity index is 474. The lowest BCUT2D eigenvalue weighted by Gasteiger charge is -2.25. The molecule has 1 aromatic rings. The van der Waals surface area contributed by atoms with Gasteiger partial charge in [0.05, 0.1) is 6.04 Å². The van der Waals surface area contributed by atoms with Crippen LogP contribution in [0.5, 0.6) is 0 Å². The normalized spacial score (nSPS) is 26.8. The first-order chi connectivity index (χ1) is 9.24. The van der Waals surface area contributed by atoms with Gasteiger partial charge >= 0.3 is 6.09 Å². The predicted octanol–water partition coefficient (Wildman–Crippen LogP) is 2.27. The van der Waals surface area contributed by atoms with E-state index in [-0.39, 0.29) is 12.1 Å². The zero-order chi connectivity index (χ0) is 13.2. The number of cyclic esters (lactones) is 1. The minimum Gasteiger partial charge on any atom is -0.447 e. The molecule has 2 saturated heterocycles. The Hall–Kier alpha value is -1.26. The van der Waals surface area contributed by atoms with Gasteiger partial charge in [0.15, 0.2) is 0 Å². The third-order valence-corrected chi connectivity index (χ3v) is 4.13. The number of amides is 1. The quantitative estimate of drug-likeness (QED) is 0.923. The van der Waals surface area contributed by atoms with E-state index < -0.39 is 0 Å². The van der Waals surface area contributed by atoms with E-state index in [0.717, 1.165) is 25.1 Å². The maximum absolute atomic E-state index is 11.9. The molecule has 19 heavy (non-hydrogen) atoms. The fraction of sp³-hybridized carbons (Fsp3) is 0.500. The van der Waals surface area contributed by atoms with E-state index in [2.05, 4.69) is 5.32 Å². The molecule has 1 N–H and O–H groups in total. The Morgan fingerprint density at radius 3 is 3.11 bits per heavy atom. The van der Waals surface area contributed by atoms with Gasteiger partial charge in [-0.25, -0.2) is 4.79 Å². The van der Waals surface area contributed by atoms with Gasteiger partial charge in [0.1, 0.15) is 6.61 Å². The van der Waals surface area contributed by atoms with Gasteiger partial charge in [-0.05, 0) is 36.6 Å². The lowest BCUT2D eigenvalue weighted by Crippen LogP contribution is -2.39. The molecule has 0 saturated carbocycles. The molecule has 2 aliphatic heterocycles. The first kappa shape index (κ1) is 12.8. The van der Waals surface area contributed by atoms with E-state index >= 15 is 0 Å². The van der Waals surface area contributed by atoms with Crippen LogP contribution in [0.15, 0.2) is 24.3 Å². The highest BCUT2D eigenvalue weighted by atomic mass is 35.5. The van der Waals surface area contributed by atoms with Crippen LogP contribution >= 0.6 is 11.6 Å². The van der Waals surface area contributed by atoms with Crippen LogP contribution < -0.4 is 5.32 Å². The molecule has 5 heteroatoms. The van der Waals surface area contributed by atoms with Crippen molar-refractivity contribution >= 4 is 17.7 Å². The lowest BCUT2D eigenvalue weighted by molar-refractivity contribution is 0.154. The number of ether oxygens (including phenoxy) is 1. The molecule has 3 rings (SSSR count). The van der Waals surface area contributed by atoms with Gasteiger partial charge < -0.3 is 10.1 Å². The fourth-order valence-corrected chi connectivity index (χ4v) is 3.09. The Morgan fingerprint density at radius 2 is 2.37 bits per heavy atom. The minimum absolute atomic E-state index is 0.182. The topological polar surface area (TPSA) is 41.6 Å². The molecule has 2 heterocycles. The van der Waals surface area contributed by atoms with Crippen LogP contribution in [0.25, 0.3) is 0 Å². The molecule has 0 aromatic heterocycles. The maximum atomic E-state index is 11.9. The molecule has 102 valence electrons. The zero-order valence-corrected chi connectivity index (χ0v) is 11.4. The molecule has 2 atom stereocenters. The summed E-state index contributed by atoms with van der Waals surface area (Å²) in [4.78, 5) is 13.7. The van der Waals surface area contributed by atoms with E-state index in [4.69, 9.17) is 16.3 Å². The van der Waals surface area contributed by atoms with Crippen LogP contribution in [0.1, 0.15) is 12.0 Å². The van der Waals surface area contributed by atoms with E-state index in [1.165, 1.54) is 0 Å². The molecular formula is C14H17ClN2O2. The second-order valence-electron chi connectivity index (χ2n) is 5.15. The van der Waals surface area contributed by atoms with Crippen LogP contribution in [-0.4, -0.2) is 36.7 Å². The standard InChI is InChI=1S/C14H17ClN2O2/c15-12-3-1-2-10(6-12)8-17-13(9-19-14(17)18)11-4-5-16-7-11/h1-3,6,11,13,16H,4-5,7-9H2. The Kier molecular flexibility index (Phi) is 3.62. The largest absolute Gasteiger partial charge is 0.447 e. The van der Waals surface area contributed by atoms with Crippen LogP contribution in [0.4, 0.5) is 4.79 Å². The van der Waals surface area contributed by atoms with Gasteiger partial charge in [0.25, 0.3) is 0 Å². The molecule has 4 nitrogen and oxygen atoms in total. The Balaban J connectivity index is 1.75. The van der Waals surface area contributed by atoms with Crippen molar-refractivity contribution in [3.8, 4) is 0 Å². The molecule has 2 aliphatic rings.